The molecule has 12 nitrogen and oxygen atoms in total. The van der Waals surface area contributed by atoms with Gasteiger partial charge in [0.1, 0.15) is 11.3 Å². The quantitative estimate of drug-likeness (QED) is 0.0498. The van der Waals surface area contributed by atoms with Crippen molar-refractivity contribution in [1.82, 2.24) is 10.6 Å². The van der Waals surface area contributed by atoms with Crippen LogP contribution >= 0.6 is 12.6 Å². The number of thiol groups is 1. The first kappa shape index (κ1) is 38.2. The topological polar surface area (TPSA) is 161 Å². The summed E-state index contributed by atoms with van der Waals surface area (Å²) in [6.07, 6.45) is 0.200. The van der Waals surface area contributed by atoms with Gasteiger partial charge in [0.2, 0.25) is 0 Å². The van der Waals surface area contributed by atoms with Crippen LogP contribution in [0.5, 0.6) is 0 Å². The second-order valence-electron chi connectivity index (χ2n) is 11.5. The highest BCUT2D eigenvalue weighted by Gasteiger charge is 2.24. The third-order valence-corrected chi connectivity index (χ3v) is 8.13. The molecule has 0 atom stereocenters. The number of ether oxygens (including phenoxy) is 3. The average molecular weight is 707 g/mol. The Morgan fingerprint density at radius 2 is 1.62 bits per heavy atom. The van der Waals surface area contributed by atoms with Crippen molar-refractivity contribution in [3.05, 3.63) is 70.1 Å². The fourth-order valence-corrected chi connectivity index (χ4v) is 5.57. The molecule has 2 aromatic rings. The predicted octanol–water partition coefficient (Wildman–Crippen LogP) is 5.68. The van der Waals surface area contributed by atoms with Crippen molar-refractivity contribution in [1.29, 1.82) is 0 Å². The lowest BCUT2D eigenvalue weighted by Gasteiger charge is -2.20. The molecule has 4 N–H and O–H groups in total. The number of carbonyl (C=O) groups is 3. The SMILES string of the molecule is CCN=c1cc2oc3cc(NCC)c(C)cc3c(-c3cc(C(=O)NCCOCCOCCNC(=O)OCCCS)ccc3C(=O)O)c-2cc1C. The molecule has 0 spiro atoms. The fraction of sp³-hybridized carbons (Fsp3) is 0.405. The van der Waals surface area contributed by atoms with Crippen LogP contribution in [0, 0.1) is 13.8 Å². The molecule has 0 fully saturated rings. The third-order valence-electron chi connectivity index (χ3n) is 7.82. The van der Waals surface area contributed by atoms with Crippen molar-refractivity contribution in [2.75, 3.05) is 70.3 Å². The van der Waals surface area contributed by atoms with Crippen LogP contribution in [-0.4, -0.2) is 88.0 Å². The molecule has 0 bridgehead atoms. The van der Waals surface area contributed by atoms with Crippen molar-refractivity contribution in [3.63, 3.8) is 0 Å². The van der Waals surface area contributed by atoms with Crippen LogP contribution in [0.3, 0.4) is 0 Å². The van der Waals surface area contributed by atoms with Gasteiger partial charge in [0.05, 0.1) is 44.0 Å². The monoisotopic (exact) mass is 706 g/mol. The zero-order valence-corrected chi connectivity index (χ0v) is 29.9. The highest BCUT2D eigenvalue weighted by molar-refractivity contribution is 7.80. The predicted molar refractivity (Wildman–Crippen MR) is 197 cm³/mol. The van der Waals surface area contributed by atoms with Crippen molar-refractivity contribution in [2.45, 2.75) is 34.1 Å². The standard InChI is InChI=1S/C37H46N4O8S/c1-5-38-30-21-32-28(18-23(30)3)34(29-19-24(4)31(39-6-2)22-33(29)49-32)27-20-25(8-9-26(27)36(43)44)35(42)40-10-13-46-15-16-47-14-11-41-37(45)48-12-7-17-50/h8-9,18-22,38,50H,5-7,10-17H2,1-4H3,(H,40,42)(H,41,45)(H,43,44). The number of nitrogens with one attached hydrogen (secondary N) is 3. The normalized spacial score (nSPS) is 11.6. The van der Waals surface area contributed by atoms with E-state index in [1.165, 1.54) is 12.1 Å². The summed E-state index contributed by atoms with van der Waals surface area (Å²) < 4.78 is 22.4. The lowest BCUT2D eigenvalue weighted by atomic mass is 9.88. The molecule has 2 aliphatic rings. The van der Waals surface area contributed by atoms with Crippen LogP contribution in [0.4, 0.5) is 10.5 Å². The van der Waals surface area contributed by atoms with E-state index in [-0.39, 0.29) is 24.6 Å². The molecular formula is C37H46N4O8S. The Morgan fingerprint density at radius 3 is 2.30 bits per heavy atom. The number of hydrogen-bond donors (Lipinski definition) is 5. The summed E-state index contributed by atoms with van der Waals surface area (Å²) in [6.45, 7) is 11.3. The molecule has 13 heteroatoms. The Morgan fingerprint density at radius 1 is 0.880 bits per heavy atom. The van der Waals surface area contributed by atoms with E-state index in [1.54, 1.807) is 6.07 Å². The number of hydrogen-bond acceptors (Lipinski definition) is 10. The van der Waals surface area contributed by atoms with E-state index in [9.17, 15) is 19.5 Å². The van der Waals surface area contributed by atoms with Gasteiger partial charge in [0.15, 0.2) is 0 Å². The van der Waals surface area contributed by atoms with Crippen LogP contribution < -0.4 is 21.3 Å². The van der Waals surface area contributed by atoms with Gasteiger partial charge in [0, 0.05) is 66.1 Å². The fourth-order valence-electron chi connectivity index (χ4n) is 5.45. The van der Waals surface area contributed by atoms with Crippen molar-refractivity contribution in [2.24, 2.45) is 4.99 Å². The molecule has 2 amide bonds. The van der Waals surface area contributed by atoms with Crippen LogP contribution in [0.15, 0.2) is 51.9 Å². The number of aryl methyl sites for hydroxylation is 2. The van der Waals surface area contributed by atoms with E-state index in [0.717, 1.165) is 39.7 Å². The Labute approximate surface area is 297 Å². The molecule has 1 heterocycles. The summed E-state index contributed by atoms with van der Waals surface area (Å²) in [5.41, 5.74) is 5.53. The molecule has 268 valence electrons. The number of anilines is 1. The van der Waals surface area contributed by atoms with Crippen molar-refractivity contribution in [3.8, 4) is 22.5 Å². The molecule has 0 aromatic heterocycles. The van der Waals surface area contributed by atoms with Gasteiger partial charge in [-0.15, -0.1) is 0 Å². The zero-order valence-electron chi connectivity index (χ0n) is 29.0. The summed E-state index contributed by atoms with van der Waals surface area (Å²) in [7, 11) is 0. The van der Waals surface area contributed by atoms with Gasteiger partial charge in [-0.3, -0.25) is 9.79 Å². The summed E-state index contributed by atoms with van der Waals surface area (Å²) in [4.78, 5) is 42.0. The van der Waals surface area contributed by atoms with Crippen molar-refractivity contribution >= 4 is 47.3 Å². The van der Waals surface area contributed by atoms with Gasteiger partial charge in [0.25, 0.3) is 5.91 Å². The highest BCUT2D eigenvalue weighted by Crippen LogP contribution is 2.43. The number of benzene rings is 3. The first-order chi connectivity index (χ1) is 24.2. The van der Waals surface area contributed by atoms with E-state index in [2.05, 4.69) is 33.6 Å². The number of alkyl carbamates (subject to hydrolysis) is 1. The number of carboxylic acid groups (broad SMARTS) is 1. The molecule has 0 radical (unpaired) electrons. The van der Waals surface area contributed by atoms with Gasteiger partial charge < -0.3 is 39.7 Å². The molecule has 1 aliphatic carbocycles. The minimum atomic E-state index is -1.11. The molecule has 0 saturated heterocycles. The maximum Gasteiger partial charge on any atom is 0.407 e. The van der Waals surface area contributed by atoms with Gasteiger partial charge in [-0.2, -0.15) is 12.6 Å². The van der Waals surface area contributed by atoms with Crippen LogP contribution in [0.2, 0.25) is 0 Å². The van der Waals surface area contributed by atoms with Crippen LogP contribution in [-0.2, 0) is 14.2 Å². The number of nitrogens with zero attached hydrogens (tertiary/aromatic N) is 1. The van der Waals surface area contributed by atoms with Crippen LogP contribution in [0.1, 0.15) is 52.1 Å². The smallest absolute Gasteiger partial charge is 0.407 e. The minimum Gasteiger partial charge on any atom is -0.478 e. The largest absolute Gasteiger partial charge is 0.478 e. The number of rotatable bonds is 18. The number of carbonyl (C=O) groups excluding carboxylic acids is 2. The van der Waals surface area contributed by atoms with Gasteiger partial charge >= 0.3 is 12.1 Å². The van der Waals surface area contributed by atoms with Gasteiger partial charge in [-0.25, -0.2) is 9.59 Å². The summed E-state index contributed by atoms with van der Waals surface area (Å²) in [6, 6.07) is 12.4. The third kappa shape index (κ3) is 9.99. The van der Waals surface area contributed by atoms with Crippen molar-refractivity contribution < 1.29 is 38.1 Å². The summed E-state index contributed by atoms with van der Waals surface area (Å²) in [5.74, 6) is -0.269. The average Bonchev–Trinajstić information content (AvgIpc) is 3.09. The number of amides is 2. The Hall–Kier alpha value is -4.59. The Bertz CT molecular complexity index is 1840. The maximum absolute atomic E-state index is 13.3. The van der Waals surface area contributed by atoms with E-state index < -0.39 is 12.1 Å². The molecule has 0 saturated carbocycles. The first-order valence-electron chi connectivity index (χ1n) is 16.8. The summed E-state index contributed by atoms with van der Waals surface area (Å²) >= 11 is 4.07. The second kappa shape index (κ2) is 19.0. The molecule has 1 aliphatic heterocycles. The number of aromatic carboxylic acids is 1. The van der Waals surface area contributed by atoms with Gasteiger partial charge in [-0.05, 0) is 86.9 Å². The zero-order chi connectivity index (χ0) is 36.0. The number of fused-ring (bicyclic) bond motifs is 2. The summed E-state index contributed by atoms with van der Waals surface area (Å²) in [5, 5.41) is 20.6. The molecular weight excluding hydrogens is 660 g/mol. The first-order valence-corrected chi connectivity index (χ1v) is 17.4. The van der Waals surface area contributed by atoms with Gasteiger partial charge in [-0.1, -0.05) is 0 Å². The minimum absolute atomic E-state index is 0.0627. The lowest BCUT2D eigenvalue weighted by Crippen LogP contribution is -2.29. The van der Waals surface area contributed by atoms with E-state index in [1.807, 2.05) is 52.0 Å². The van der Waals surface area contributed by atoms with Crippen LogP contribution in [0.25, 0.3) is 33.4 Å². The molecule has 50 heavy (non-hydrogen) atoms. The van der Waals surface area contributed by atoms with E-state index in [0.29, 0.717) is 79.7 Å². The van der Waals surface area contributed by atoms with E-state index in [4.69, 9.17) is 18.6 Å². The molecule has 0 unspecified atom stereocenters. The number of carboxylic acids is 1. The van der Waals surface area contributed by atoms with E-state index >= 15 is 0 Å². The molecule has 2 aromatic carbocycles. The highest BCUT2D eigenvalue weighted by atomic mass is 32.1. The Balaban J connectivity index is 1.51. The Kier molecular flexibility index (Phi) is 14.5. The second-order valence-corrected chi connectivity index (χ2v) is 11.9. The lowest BCUT2D eigenvalue weighted by molar-refractivity contribution is 0.0487. The molecule has 4 rings (SSSR count). The maximum atomic E-state index is 13.3.